The molecular weight excluding hydrogens is 275 g/mol. The molecule has 0 saturated heterocycles. The van der Waals surface area contributed by atoms with Crippen molar-refractivity contribution in [1.29, 1.82) is 10.5 Å². The van der Waals surface area contributed by atoms with Crippen molar-refractivity contribution in [1.82, 2.24) is 4.57 Å². The monoisotopic (exact) mass is 284 g/mol. The van der Waals surface area contributed by atoms with Crippen LogP contribution in [0.2, 0.25) is 0 Å². The normalized spacial score (nSPS) is 9.71. The molecule has 0 atom stereocenters. The van der Waals surface area contributed by atoms with Crippen LogP contribution in [0.4, 0.5) is 10.1 Å². The van der Waals surface area contributed by atoms with Crippen molar-refractivity contribution >= 4 is 11.7 Å². The Kier molecular flexibility index (Phi) is 3.59. The number of carbonyl (C=O) groups is 1. The molecule has 0 saturated carbocycles. The van der Waals surface area contributed by atoms with Crippen LogP contribution in [-0.2, 0) is 4.74 Å². The first-order chi connectivity index (χ1) is 10.0. The van der Waals surface area contributed by atoms with Gasteiger partial charge in [-0.25, -0.2) is 9.18 Å². The predicted molar refractivity (Wildman–Crippen MR) is 70.9 cm³/mol. The Labute approximate surface area is 119 Å². The molecule has 0 bridgehead atoms. The Hall–Kier alpha value is -3.32. The maximum absolute atomic E-state index is 14.1. The van der Waals surface area contributed by atoms with Gasteiger partial charge in [0.15, 0.2) is 5.69 Å². The van der Waals surface area contributed by atoms with Crippen molar-refractivity contribution in [3.05, 3.63) is 47.0 Å². The molecule has 104 valence electrons. The van der Waals surface area contributed by atoms with E-state index in [-0.39, 0.29) is 28.2 Å². The second kappa shape index (κ2) is 5.35. The zero-order valence-corrected chi connectivity index (χ0v) is 10.9. The molecule has 1 aromatic carbocycles. The molecule has 0 aliphatic rings. The average Bonchev–Trinajstić information content (AvgIpc) is 2.82. The summed E-state index contributed by atoms with van der Waals surface area (Å²) < 4.78 is 19.7. The molecule has 2 rings (SSSR count). The molecule has 0 fully saturated rings. The van der Waals surface area contributed by atoms with E-state index in [4.69, 9.17) is 16.3 Å². The molecule has 1 heterocycles. The van der Waals surface area contributed by atoms with Gasteiger partial charge in [-0.15, -0.1) is 0 Å². The van der Waals surface area contributed by atoms with Gasteiger partial charge in [-0.05, 0) is 12.1 Å². The number of esters is 1. The van der Waals surface area contributed by atoms with E-state index in [0.29, 0.717) is 0 Å². The third-order valence-electron chi connectivity index (χ3n) is 2.89. The van der Waals surface area contributed by atoms with Crippen LogP contribution < -0.4 is 5.73 Å². The first-order valence-corrected chi connectivity index (χ1v) is 5.73. The van der Waals surface area contributed by atoms with E-state index < -0.39 is 11.8 Å². The number of nitrogens with zero attached hydrogens (tertiary/aromatic N) is 3. The number of ether oxygens (including phenoxy) is 1. The number of nitrogens with two attached hydrogens (primary N) is 1. The van der Waals surface area contributed by atoms with E-state index in [1.165, 1.54) is 18.3 Å². The Morgan fingerprint density at radius 1 is 1.33 bits per heavy atom. The summed E-state index contributed by atoms with van der Waals surface area (Å²) in [5, 5.41) is 18.1. The van der Waals surface area contributed by atoms with Crippen LogP contribution in [0, 0.1) is 28.5 Å². The van der Waals surface area contributed by atoms with Gasteiger partial charge in [-0.1, -0.05) is 6.07 Å². The standard InChI is InChI=1S/C14H9FN4O2/c1-21-14(20)13-11(18)9(6-17)7-19(13)12-8(5-16)3-2-4-10(12)15/h2-4,7H,18H2,1H3. The summed E-state index contributed by atoms with van der Waals surface area (Å²) in [6, 6.07) is 7.53. The number of hydrogen-bond acceptors (Lipinski definition) is 5. The highest BCUT2D eigenvalue weighted by molar-refractivity contribution is 5.96. The summed E-state index contributed by atoms with van der Waals surface area (Å²) in [6.07, 6.45) is 1.20. The largest absolute Gasteiger partial charge is 0.464 e. The van der Waals surface area contributed by atoms with E-state index in [0.717, 1.165) is 17.7 Å². The van der Waals surface area contributed by atoms with E-state index in [1.807, 2.05) is 6.07 Å². The third kappa shape index (κ3) is 2.17. The van der Waals surface area contributed by atoms with Gasteiger partial charge in [-0.2, -0.15) is 10.5 Å². The Balaban J connectivity index is 2.86. The number of carbonyl (C=O) groups excluding carboxylic acids is 1. The maximum atomic E-state index is 14.1. The highest BCUT2D eigenvalue weighted by atomic mass is 19.1. The summed E-state index contributed by atoms with van der Waals surface area (Å²) >= 11 is 0. The summed E-state index contributed by atoms with van der Waals surface area (Å²) in [5.74, 6) is -1.56. The molecule has 0 radical (unpaired) electrons. The zero-order chi connectivity index (χ0) is 15.6. The number of para-hydroxylation sites is 1. The smallest absolute Gasteiger partial charge is 0.357 e. The Bertz CT molecular complexity index is 812. The fourth-order valence-electron chi connectivity index (χ4n) is 1.94. The highest BCUT2D eigenvalue weighted by Crippen LogP contribution is 2.27. The summed E-state index contributed by atoms with van der Waals surface area (Å²) in [5.41, 5.74) is 5.22. The quantitative estimate of drug-likeness (QED) is 0.845. The molecule has 21 heavy (non-hydrogen) atoms. The lowest BCUT2D eigenvalue weighted by atomic mass is 10.2. The molecule has 6 nitrogen and oxygen atoms in total. The molecule has 0 aliphatic heterocycles. The number of nitrogen functional groups attached to an aromatic ring is 1. The lowest BCUT2D eigenvalue weighted by Gasteiger charge is -2.10. The molecule has 7 heteroatoms. The zero-order valence-electron chi connectivity index (χ0n) is 10.9. The summed E-state index contributed by atoms with van der Waals surface area (Å²) in [4.78, 5) is 11.8. The van der Waals surface area contributed by atoms with Crippen molar-refractivity contribution in [3.63, 3.8) is 0 Å². The predicted octanol–water partition coefficient (Wildman–Crippen LogP) is 1.73. The number of hydrogen-bond donors (Lipinski definition) is 1. The van der Waals surface area contributed by atoms with Crippen LogP contribution in [0.15, 0.2) is 24.4 Å². The molecule has 1 aromatic heterocycles. The van der Waals surface area contributed by atoms with E-state index >= 15 is 0 Å². The van der Waals surface area contributed by atoms with Crippen molar-refractivity contribution < 1.29 is 13.9 Å². The van der Waals surface area contributed by atoms with Crippen molar-refractivity contribution in [2.24, 2.45) is 0 Å². The van der Waals surface area contributed by atoms with Gasteiger partial charge in [-0.3, -0.25) is 0 Å². The SMILES string of the molecule is COC(=O)c1c(N)c(C#N)cn1-c1c(F)cccc1C#N. The van der Waals surface area contributed by atoms with Crippen LogP contribution in [0.3, 0.4) is 0 Å². The maximum Gasteiger partial charge on any atom is 0.357 e. The van der Waals surface area contributed by atoms with Gasteiger partial charge in [0.2, 0.25) is 0 Å². The molecule has 0 unspecified atom stereocenters. The van der Waals surface area contributed by atoms with Gasteiger partial charge in [0.1, 0.15) is 18.0 Å². The first kappa shape index (κ1) is 14.1. The van der Waals surface area contributed by atoms with E-state index in [9.17, 15) is 9.18 Å². The molecule has 2 aromatic rings. The Morgan fingerprint density at radius 3 is 2.57 bits per heavy atom. The van der Waals surface area contributed by atoms with Crippen LogP contribution in [0.1, 0.15) is 21.6 Å². The number of methoxy groups -OCH3 is 1. The molecular formula is C14H9FN4O2. The molecule has 0 spiro atoms. The number of halogens is 1. The first-order valence-electron chi connectivity index (χ1n) is 5.73. The fourth-order valence-corrected chi connectivity index (χ4v) is 1.94. The van der Waals surface area contributed by atoms with Gasteiger partial charge < -0.3 is 15.0 Å². The number of aromatic nitrogens is 1. The van der Waals surface area contributed by atoms with Crippen molar-refractivity contribution in [3.8, 4) is 17.8 Å². The van der Waals surface area contributed by atoms with Gasteiger partial charge >= 0.3 is 5.97 Å². The second-order valence-electron chi connectivity index (χ2n) is 4.03. The Morgan fingerprint density at radius 2 is 2.00 bits per heavy atom. The number of nitriles is 2. The van der Waals surface area contributed by atoms with E-state index in [1.54, 1.807) is 6.07 Å². The summed E-state index contributed by atoms with van der Waals surface area (Å²) in [6.45, 7) is 0. The number of rotatable bonds is 2. The molecule has 2 N–H and O–H groups in total. The fraction of sp³-hybridized carbons (Fsp3) is 0.0714. The minimum absolute atomic E-state index is 0.000331. The second-order valence-corrected chi connectivity index (χ2v) is 4.03. The number of benzene rings is 1. The van der Waals surface area contributed by atoms with Crippen LogP contribution >= 0.6 is 0 Å². The molecule has 0 aliphatic carbocycles. The van der Waals surface area contributed by atoms with Crippen molar-refractivity contribution in [2.45, 2.75) is 0 Å². The summed E-state index contributed by atoms with van der Waals surface area (Å²) in [7, 11) is 1.14. The minimum Gasteiger partial charge on any atom is -0.464 e. The van der Waals surface area contributed by atoms with Gasteiger partial charge in [0.25, 0.3) is 0 Å². The topological polar surface area (TPSA) is 105 Å². The lowest BCUT2D eigenvalue weighted by Crippen LogP contribution is -2.13. The van der Waals surface area contributed by atoms with Gasteiger partial charge in [0, 0.05) is 6.20 Å². The minimum atomic E-state index is -0.832. The van der Waals surface area contributed by atoms with E-state index in [2.05, 4.69) is 4.74 Å². The van der Waals surface area contributed by atoms with Gasteiger partial charge in [0.05, 0.1) is 29.6 Å². The lowest BCUT2D eigenvalue weighted by molar-refractivity contribution is 0.0593. The average molecular weight is 284 g/mol. The van der Waals surface area contributed by atoms with Crippen molar-refractivity contribution in [2.75, 3.05) is 12.8 Å². The molecule has 0 amide bonds. The van der Waals surface area contributed by atoms with Crippen LogP contribution in [0.25, 0.3) is 5.69 Å². The highest BCUT2D eigenvalue weighted by Gasteiger charge is 2.24. The van der Waals surface area contributed by atoms with Crippen LogP contribution in [-0.4, -0.2) is 17.6 Å². The van der Waals surface area contributed by atoms with Crippen LogP contribution in [0.5, 0.6) is 0 Å². The third-order valence-corrected chi connectivity index (χ3v) is 2.89. The number of anilines is 1.